The zero-order valence-corrected chi connectivity index (χ0v) is 13.2. The average molecular weight is 330 g/mol. The van der Waals surface area contributed by atoms with Crippen molar-refractivity contribution in [1.82, 2.24) is 9.97 Å². The van der Waals surface area contributed by atoms with Gasteiger partial charge < -0.3 is 21.5 Å². The van der Waals surface area contributed by atoms with Crippen molar-refractivity contribution >= 4 is 17.7 Å². The van der Waals surface area contributed by atoms with Crippen molar-refractivity contribution in [2.24, 2.45) is 11.7 Å². The van der Waals surface area contributed by atoms with Gasteiger partial charge >= 0.3 is 0 Å². The van der Waals surface area contributed by atoms with Gasteiger partial charge in [0, 0.05) is 27.3 Å². The van der Waals surface area contributed by atoms with Crippen LogP contribution in [0.4, 0.5) is 11.8 Å². The Bertz CT molecular complexity index is 901. The van der Waals surface area contributed by atoms with Gasteiger partial charge in [-0.1, -0.05) is 6.85 Å². The highest BCUT2D eigenvalue weighted by molar-refractivity contribution is 5.97. The fourth-order valence-corrected chi connectivity index (χ4v) is 1.84. The molecule has 0 radical (unpaired) electrons. The molecule has 0 spiro atoms. The minimum absolute atomic E-state index is 0.0190. The summed E-state index contributed by atoms with van der Waals surface area (Å²) in [6, 6.07) is -2.81. The average Bonchev–Trinajstić information content (AvgIpc) is 2.48. The first-order valence-electron chi connectivity index (χ1n) is 11.5. The number of anilines is 2. The number of hydrogen-bond acceptors (Lipinski definition) is 6. The van der Waals surface area contributed by atoms with E-state index in [4.69, 9.17) is 18.1 Å². The molecule has 1 aliphatic rings. The Hall–Kier alpha value is -1.89. The van der Waals surface area contributed by atoms with E-state index in [9.17, 15) is 9.90 Å². The molecule has 3 atom stereocenters. The first kappa shape index (κ1) is 8.82. The summed E-state index contributed by atoms with van der Waals surface area (Å²) in [4.78, 5) is 19.9. The van der Waals surface area contributed by atoms with E-state index in [1.54, 1.807) is 20.8 Å². The van der Waals surface area contributed by atoms with Gasteiger partial charge in [-0.2, -0.15) is 4.98 Å². The standard InChI is InChI=1S/C16H27N5O2/c1-9-5-6-10(7-12(9)22)19-14-11(13(17)23)8-18-15(20-14)21-16(2,3)4/h8-10,12,22H,5-7H2,1-4H3,(H2,17,23)(H2,18,19,20,21)/i1D3,5D2,6D2,10D,12D. The number of nitrogens with two attached hydrogens (primary N) is 1. The molecule has 0 bridgehead atoms. The first-order valence-corrected chi connectivity index (χ1v) is 7.01. The van der Waals surface area contributed by atoms with Crippen LogP contribution < -0.4 is 16.4 Å². The fraction of sp³-hybridized carbons (Fsp3) is 0.688. The van der Waals surface area contributed by atoms with E-state index in [1.165, 1.54) is 0 Å². The second kappa shape index (κ2) is 6.70. The van der Waals surface area contributed by atoms with Crippen molar-refractivity contribution in [3.8, 4) is 0 Å². The predicted molar refractivity (Wildman–Crippen MR) is 90.4 cm³/mol. The van der Waals surface area contributed by atoms with E-state index >= 15 is 0 Å². The van der Waals surface area contributed by atoms with Crippen LogP contribution in [0.2, 0.25) is 0 Å². The summed E-state index contributed by atoms with van der Waals surface area (Å²) in [5.74, 6) is -3.93. The topological polar surface area (TPSA) is 113 Å². The number of aromatic nitrogens is 2. The van der Waals surface area contributed by atoms with Crippen LogP contribution in [0.5, 0.6) is 0 Å². The minimum Gasteiger partial charge on any atom is -0.393 e. The summed E-state index contributed by atoms with van der Waals surface area (Å²) in [6.07, 6.45) is -9.79. The number of carbonyl (C=O) groups excluding carboxylic acids is 1. The maximum absolute atomic E-state index is 11.9. The molecule has 1 aromatic heterocycles. The third kappa shape index (κ3) is 4.79. The lowest BCUT2D eigenvalue weighted by Crippen LogP contribution is -2.36. The predicted octanol–water partition coefficient (Wildman–Crippen LogP) is 1.75. The van der Waals surface area contributed by atoms with E-state index < -0.39 is 61.3 Å². The molecule has 1 amide bonds. The molecule has 1 heterocycles. The van der Waals surface area contributed by atoms with Gasteiger partial charge in [0.2, 0.25) is 5.95 Å². The van der Waals surface area contributed by atoms with E-state index in [2.05, 4.69) is 20.6 Å². The van der Waals surface area contributed by atoms with Gasteiger partial charge in [0.05, 0.1) is 14.4 Å². The molecule has 0 saturated heterocycles. The second-order valence-electron chi connectivity index (χ2n) is 6.17. The van der Waals surface area contributed by atoms with Crippen molar-refractivity contribution < 1.29 is 22.2 Å². The Morgan fingerprint density at radius 3 is 2.91 bits per heavy atom. The fourth-order valence-electron chi connectivity index (χ4n) is 1.84. The van der Waals surface area contributed by atoms with Crippen molar-refractivity contribution in [2.75, 3.05) is 10.6 Å². The summed E-state index contributed by atoms with van der Waals surface area (Å²) < 4.78 is 72.3. The third-order valence-corrected chi connectivity index (χ3v) is 2.87. The van der Waals surface area contributed by atoms with Crippen LogP contribution in [-0.4, -0.2) is 38.6 Å². The highest BCUT2D eigenvalue weighted by Gasteiger charge is 2.27. The van der Waals surface area contributed by atoms with Crippen molar-refractivity contribution in [3.05, 3.63) is 11.8 Å². The van der Waals surface area contributed by atoms with E-state index in [0.29, 0.717) is 0 Å². The Kier molecular flexibility index (Phi) is 2.57. The third-order valence-electron chi connectivity index (χ3n) is 2.87. The number of nitrogens with zero attached hydrogens (tertiary/aromatic N) is 2. The van der Waals surface area contributed by atoms with Gasteiger partial charge in [-0.05, 0) is 45.9 Å². The van der Waals surface area contributed by atoms with Crippen LogP contribution >= 0.6 is 0 Å². The molecule has 23 heavy (non-hydrogen) atoms. The van der Waals surface area contributed by atoms with Gasteiger partial charge in [0.25, 0.3) is 5.91 Å². The Morgan fingerprint density at radius 1 is 1.57 bits per heavy atom. The number of amides is 1. The molecule has 0 aromatic carbocycles. The molecule has 1 fully saturated rings. The normalized spacial score (nSPS) is 42.1. The molecule has 1 aliphatic carbocycles. The highest BCUT2D eigenvalue weighted by atomic mass is 16.3. The molecule has 3 unspecified atom stereocenters. The van der Waals surface area contributed by atoms with Crippen LogP contribution in [0.25, 0.3) is 0 Å². The SMILES string of the molecule is [2H]C([2H])([2H])C1C([2H])(O)CC([2H])(Nc2nc(NC(C)(C)C)ncc2C(N)=O)C([2H])([2H])C1([2H])[2H]. The first-order chi connectivity index (χ1) is 14.1. The number of nitrogens with one attached hydrogen (secondary N) is 2. The van der Waals surface area contributed by atoms with Gasteiger partial charge in [-0.25, -0.2) is 4.98 Å². The molecule has 7 heteroatoms. The van der Waals surface area contributed by atoms with Crippen LogP contribution in [0.1, 0.15) is 69.5 Å². The van der Waals surface area contributed by atoms with E-state index in [-0.39, 0.29) is 11.5 Å². The Balaban J connectivity index is 2.63. The summed E-state index contributed by atoms with van der Waals surface area (Å²) in [5.41, 5.74) is 4.46. The Labute approximate surface area is 149 Å². The zero-order chi connectivity index (χ0) is 25.1. The van der Waals surface area contributed by atoms with Crippen molar-refractivity contribution in [1.29, 1.82) is 0 Å². The number of primary amides is 1. The number of carbonyl (C=O) groups is 1. The van der Waals surface area contributed by atoms with Crippen LogP contribution in [0, 0.1) is 5.92 Å². The van der Waals surface area contributed by atoms with Crippen molar-refractivity contribution in [2.45, 2.75) is 64.4 Å². The molecule has 128 valence electrons. The molecule has 2 rings (SSSR count). The van der Waals surface area contributed by atoms with Crippen molar-refractivity contribution in [3.63, 3.8) is 0 Å². The minimum atomic E-state index is -3.35. The molecule has 1 saturated carbocycles. The van der Waals surface area contributed by atoms with Gasteiger partial charge in [0.1, 0.15) is 5.82 Å². The van der Waals surface area contributed by atoms with Crippen LogP contribution in [0.3, 0.4) is 0 Å². The lowest BCUT2D eigenvalue weighted by atomic mass is 9.85. The number of rotatable bonds is 4. The molecular formula is C16H27N5O2. The van der Waals surface area contributed by atoms with Gasteiger partial charge in [0.15, 0.2) is 0 Å². The monoisotopic (exact) mass is 330 g/mol. The van der Waals surface area contributed by atoms with E-state index in [0.717, 1.165) is 6.20 Å². The van der Waals surface area contributed by atoms with Crippen LogP contribution in [0.15, 0.2) is 6.20 Å². The number of hydrogen-bond donors (Lipinski definition) is 4. The maximum atomic E-state index is 11.9. The molecule has 7 nitrogen and oxygen atoms in total. The maximum Gasteiger partial charge on any atom is 0.254 e. The highest BCUT2D eigenvalue weighted by Crippen LogP contribution is 2.27. The Morgan fingerprint density at radius 2 is 2.30 bits per heavy atom. The largest absolute Gasteiger partial charge is 0.393 e. The molecular weight excluding hydrogens is 294 g/mol. The second-order valence-corrected chi connectivity index (χ2v) is 6.17. The smallest absolute Gasteiger partial charge is 0.254 e. The molecule has 1 aromatic rings. The lowest BCUT2D eigenvalue weighted by molar-refractivity contribution is 0.0739. The number of aliphatic hydroxyl groups is 1. The molecule has 0 aliphatic heterocycles. The van der Waals surface area contributed by atoms with Gasteiger partial charge in [-0.15, -0.1) is 0 Å². The summed E-state index contributed by atoms with van der Waals surface area (Å²) in [6.45, 7) is 2.15. The van der Waals surface area contributed by atoms with Gasteiger partial charge in [-0.3, -0.25) is 4.79 Å². The quantitative estimate of drug-likeness (QED) is 0.669. The summed E-state index contributed by atoms with van der Waals surface area (Å²) in [5, 5.41) is 15.8. The summed E-state index contributed by atoms with van der Waals surface area (Å²) in [7, 11) is 0. The summed E-state index contributed by atoms with van der Waals surface area (Å²) >= 11 is 0. The van der Waals surface area contributed by atoms with E-state index in [1.807, 2.05) is 0 Å². The molecule has 5 N–H and O–H groups in total. The lowest BCUT2D eigenvalue weighted by Gasteiger charge is -2.32. The van der Waals surface area contributed by atoms with Crippen LogP contribution in [-0.2, 0) is 0 Å². The zero-order valence-electron chi connectivity index (χ0n) is 22.2.